The minimum Gasteiger partial charge on any atom is -0.493 e. The summed E-state index contributed by atoms with van der Waals surface area (Å²) >= 11 is 5.91. The molecule has 0 radical (unpaired) electrons. The summed E-state index contributed by atoms with van der Waals surface area (Å²) in [5.41, 5.74) is 1.20. The van der Waals surface area contributed by atoms with Crippen molar-refractivity contribution in [1.29, 1.82) is 0 Å². The molecule has 0 fully saturated rings. The molecule has 6 heteroatoms. The van der Waals surface area contributed by atoms with Gasteiger partial charge in [-0.05, 0) is 50.7 Å². The number of nitrogens with one attached hydrogen (secondary N) is 1. The monoisotopic (exact) mass is 374 g/mol. The molecule has 2 rings (SSSR count). The van der Waals surface area contributed by atoms with Gasteiger partial charge in [0.15, 0.2) is 5.78 Å². The maximum absolute atomic E-state index is 12.1. The van der Waals surface area contributed by atoms with E-state index in [9.17, 15) is 9.59 Å². The van der Waals surface area contributed by atoms with Crippen molar-refractivity contribution in [2.24, 2.45) is 0 Å². The molecule has 5 nitrogen and oxygen atoms in total. The number of halogens is 1. The fraction of sp³-hybridized carbons (Fsp3) is 0.300. The molecule has 0 aliphatic rings. The first-order valence-electron chi connectivity index (χ1n) is 8.42. The van der Waals surface area contributed by atoms with Gasteiger partial charge in [-0.25, -0.2) is 0 Å². The van der Waals surface area contributed by atoms with Crippen LogP contribution in [0, 0.1) is 0 Å². The highest BCUT2D eigenvalue weighted by atomic mass is 35.5. The molecule has 0 saturated heterocycles. The molecule has 138 valence electrons. The predicted octanol–water partition coefficient (Wildman–Crippen LogP) is 3.88. The lowest BCUT2D eigenvalue weighted by Gasteiger charge is -2.16. The zero-order valence-electron chi connectivity index (χ0n) is 15.0. The van der Waals surface area contributed by atoms with Crippen LogP contribution in [0.2, 0.25) is 5.02 Å². The number of hydrogen-bond acceptors (Lipinski definition) is 4. The Morgan fingerprint density at radius 3 is 2.65 bits per heavy atom. The highest BCUT2D eigenvalue weighted by Gasteiger charge is 2.08. The Morgan fingerprint density at radius 2 is 1.92 bits per heavy atom. The summed E-state index contributed by atoms with van der Waals surface area (Å²) in [6, 6.07) is 14.2. The number of hydrogen-bond donors (Lipinski definition) is 1. The van der Waals surface area contributed by atoms with E-state index in [4.69, 9.17) is 16.3 Å². The molecule has 1 amide bonds. The van der Waals surface area contributed by atoms with Gasteiger partial charge in [0, 0.05) is 22.8 Å². The van der Waals surface area contributed by atoms with Crippen molar-refractivity contribution in [2.75, 3.05) is 32.1 Å². The number of carbonyl (C=O) groups excluding carboxylic acids is 2. The molecule has 0 heterocycles. The number of benzene rings is 2. The molecule has 0 aromatic heterocycles. The van der Waals surface area contributed by atoms with Crippen LogP contribution < -0.4 is 10.1 Å². The van der Waals surface area contributed by atoms with Crippen LogP contribution in [-0.4, -0.2) is 43.3 Å². The van der Waals surface area contributed by atoms with Gasteiger partial charge in [0.2, 0.25) is 5.91 Å². The highest BCUT2D eigenvalue weighted by Crippen LogP contribution is 2.17. The van der Waals surface area contributed by atoms with Gasteiger partial charge in [-0.15, -0.1) is 0 Å². The van der Waals surface area contributed by atoms with Crippen LogP contribution in [0.15, 0.2) is 48.5 Å². The lowest BCUT2D eigenvalue weighted by atomic mass is 10.1. The summed E-state index contributed by atoms with van der Waals surface area (Å²) in [4.78, 5) is 25.4. The zero-order valence-corrected chi connectivity index (χ0v) is 15.8. The van der Waals surface area contributed by atoms with Crippen molar-refractivity contribution in [3.8, 4) is 5.75 Å². The lowest BCUT2D eigenvalue weighted by molar-refractivity contribution is -0.117. The highest BCUT2D eigenvalue weighted by molar-refractivity contribution is 6.30. The van der Waals surface area contributed by atoms with E-state index in [1.807, 2.05) is 24.1 Å². The molecular weight excluding hydrogens is 352 g/mol. The van der Waals surface area contributed by atoms with Gasteiger partial charge in [-0.3, -0.25) is 14.5 Å². The van der Waals surface area contributed by atoms with E-state index in [0.717, 1.165) is 18.7 Å². The molecule has 26 heavy (non-hydrogen) atoms. The topological polar surface area (TPSA) is 58.6 Å². The maximum Gasteiger partial charge on any atom is 0.238 e. The van der Waals surface area contributed by atoms with Crippen molar-refractivity contribution in [3.63, 3.8) is 0 Å². The fourth-order valence-corrected chi connectivity index (χ4v) is 2.60. The third kappa shape index (κ3) is 6.86. The summed E-state index contributed by atoms with van der Waals surface area (Å²) < 4.78 is 5.63. The number of nitrogens with zero attached hydrogens (tertiary/aromatic N) is 1. The molecule has 0 bridgehead atoms. The molecule has 0 spiro atoms. The fourth-order valence-electron chi connectivity index (χ4n) is 2.42. The smallest absolute Gasteiger partial charge is 0.238 e. The Morgan fingerprint density at radius 1 is 1.15 bits per heavy atom. The lowest BCUT2D eigenvalue weighted by Crippen LogP contribution is -2.31. The largest absolute Gasteiger partial charge is 0.493 e. The Labute approximate surface area is 158 Å². The van der Waals surface area contributed by atoms with Crippen LogP contribution in [0.25, 0.3) is 0 Å². The Balaban J connectivity index is 1.70. The Hall–Kier alpha value is -2.37. The van der Waals surface area contributed by atoms with Gasteiger partial charge in [0.1, 0.15) is 5.75 Å². The molecule has 0 aliphatic carbocycles. The van der Waals surface area contributed by atoms with Gasteiger partial charge < -0.3 is 10.1 Å². The molecule has 0 unspecified atom stereocenters. The number of likely N-dealkylation sites (N-methyl/N-ethyl adjacent to an activating group) is 1. The van der Waals surface area contributed by atoms with E-state index in [1.165, 1.54) is 6.92 Å². The van der Waals surface area contributed by atoms with Gasteiger partial charge in [-0.2, -0.15) is 0 Å². The van der Waals surface area contributed by atoms with E-state index >= 15 is 0 Å². The summed E-state index contributed by atoms with van der Waals surface area (Å²) in [5, 5.41) is 3.46. The van der Waals surface area contributed by atoms with Gasteiger partial charge in [-0.1, -0.05) is 29.8 Å². The second kappa shape index (κ2) is 9.94. The molecule has 0 atom stereocenters. The quantitative estimate of drug-likeness (QED) is 0.534. The first-order chi connectivity index (χ1) is 12.4. The van der Waals surface area contributed by atoms with Gasteiger partial charge >= 0.3 is 0 Å². The van der Waals surface area contributed by atoms with Crippen LogP contribution >= 0.6 is 11.6 Å². The standard InChI is InChI=1S/C20H23ClN2O3/c1-15(24)16-6-3-8-18(12-16)22-20(25)14-23(2)10-5-11-26-19-9-4-7-17(21)13-19/h3-4,6-9,12-13H,5,10-11,14H2,1-2H3,(H,22,25). The molecule has 0 saturated carbocycles. The number of ketones is 1. The van der Waals surface area contributed by atoms with Crippen LogP contribution in [0.5, 0.6) is 5.75 Å². The third-order valence-corrected chi connectivity index (χ3v) is 3.95. The number of carbonyl (C=O) groups is 2. The van der Waals surface area contributed by atoms with Crippen LogP contribution in [0.4, 0.5) is 5.69 Å². The molecule has 2 aromatic rings. The van der Waals surface area contributed by atoms with Crippen molar-refractivity contribution >= 4 is 29.0 Å². The molecule has 1 N–H and O–H groups in total. The van der Waals surface area contributed by atoms with E-state index < -0.39 is 0 Å². The minimum absolute atomic E-state index is 0.0297. The van der Waals surface area contributed by atoms with Gasteiger partial charge in [0.25, 0.3) is 0 Å². The van der Waals surface area contributed by atoms with Crippen LogP contribution in [-0.2, 0) is 4.79 Å². The van der Waals surface area contributed by atoms with E-state index in [0.29, 0.717) is 22.9 Å². The number of rotatable bonds is 9. The molecular formula is C20H23ClN2O3. The second-order valence-corrected chi connectivity index (χ2v) is 6.52. The number of Topliss-reactive ketones (excluding diaryl/α,β-unsaturated/α-hetero) is 1. The first-order valence-corrected chi connectivity index (χ1v) is 8.79. The van der Waals surface area contributed by atoms with Crippen LogP contribution in [0.3, 0.4) is 0 Å². The summed E-state index contributed by atoms with van der Waals surface area (Å²) in [6.07, 6.45) is 0.788. The summed E-state index contributed by atoms with van der Waals surface area (Å²) in [6.45, 7) is 3.04. The van der Waals surface area contributed by atoms with Crippen molar-refractivity contribution < 1.29 is 14.3 Å². The minimum atomic E-state index is -0.121. The number of amides is 1. The molecule has 2 aromatic carbocycles. The summed E-state index contributed by atoms with van der Waals surface area (Å²) in [5.74, 6) is 0.588. The van der Waals surface area contributed by atoms with Crippen molar-refractivity contribution in [2.45, 2.75) is 13.3 Å². The normalized spacial score (nSPS) is 10.6. The Kier molecular flexibility index (Phi) is 7.63. The maximum atomic E-state index is 12.1. The van der Waals surface area contributed by atoms with Crippen molar-refractivity contribution in [3.05, 3.63) is 59.1 Å². The number of ether oxygens (including phenoxy) is 1. The van der Waals surface area contributed by atoms with Gasteiger partial charge in [0.05, 0.1) is 13.2 Å². The van der Waals surface area contributed by atoms with Crippen molar-refractivity contribution in [1.82, 2.24) is 4.90 Å². The predicted molar refractivity (Wildman–Crippen MR) is 104 cm³/mol. The third-order valence-electron chi connectivity index (χ3n) is 3.72. The SMILES string of the molecule is CC(=O)c1cccc(NC(=O)CN(C)CCCOc2cccc(Cl)c2)c1. The average molecular weight is 375 g/mol. The second-order valence-electron chi connectivity index (χ2n) is 6.08. The van der Waals surface area contributed by atoms with E-state index in [1.54, 1.807) is 36.4 Å². The first kappa shape index (κ1) is 19.9. The molecule has 0 aliphatic heterocycles. The zero-order chi connectivity index (χ0) is 18.9. The van der Waals surface area contributed by atoms with E-state index in [-0.39, 0.29) is 18.2 Å². The van der Waals surface area contributed by atoms with E-state index in [2.05, 4.69) is 5.32 Å². The van der Waals surface area contributed by atoms with Crippen LogP contribution in [0.1, 0.15) is 23.7 Å². The number of anilines is 1. The average Bonchev–Trinajstić information content (AvgIpc) is 2.59. The Bertz CT molecular complexity index is 764. The summed E-state index contributed by atoms with van der Waals surface area (Å²) in [7, 11) is 1.88.